The minimum atomic E-state index is 0.0193. The Labute approximate surface area is 141 Å². The molecule has 0 saturated heterocycles. The smallest absolute Gasteiger partial charge is 0.219 e. The number of ether oxygens (including phenoxy) is 1. The highest BCUT2D eigenvalue weighted by Gasteiger charge is 2.15. The largest absolute Gasteiger partial charge is 0.496 e. The van der Waals surface area contributed by atoms with Crippen molar-refractivity contribution >= 4 is 16.9 Å². The van der Waals surface area contributed by atoms with Gasteiger partial charge in [-0.05, 0) is 18.2 Å². The number of hydrogen-bond acceptors (Lipinski definition) is 3. The van der Waals surface area contributed by atoms with Gasteiger partial charge < -0.3 is 14.2 Å². The van der Waals surface area contributed by atoms with E-state index in [0.717, 1.165) is 28.2 Å². The number of methoxy groups -OCH3 is 1. The van der Waals surface area contributed by atoms with Crippen molar-refractivity contribution < 1.29 is 9.53 Å². The number of amides is 1. The summed E-state index contributed by atoms with van der Waals surface area (Å²) < 4.78 is 7.61. The highest BCUT2D eigenvalue weighted by Crippen LogP contribution is 2.23. The van der Waals surface area contributed by atoms with E-state index in [1.807, 2.05) is 42.5 Å². The molecule has 0 spiro atoms. The average molecular weight is 323 g/mol. The molecule has 0 aliphatic carbocycles. The Balaban J connectivity index is 2.05. The van der Waals surface area contributed by atoms with E-state index >= 15 is 0 Å². The van der Waals surface area contributed by atoms with E-state index in [9.17, 15) is 4.79 Å². The molecule has 3 rings (SSSR count). The number of benzene rings is 2. The first-order valence-corrected chi connectivity index (χ1v) is 7.88. The quantitative estimate of drug-likeness (QED) is 0.725. The maximum absolute atomic E-state index is 11.6. The van der Waals surface area contributed by atoms with Gasteiger partial charge in [0.2, 0.25) is 5.91 Å². The summed E-state index contributed by atoms with van der Waals surface area (Å²) in [6.07, 6.45) is 0. The summed E-state index contributed by atoms with van der Waals surface area (Å²) in [6, 6.07) is 16.0. The lowest BCUT2D eigenvalue weighted by Crippen LogP contribution is -2.25. The van der Waals surface area contributed by atoms with Gasteiger partial charge in [0, 0.05) is 19.5 Å². The highest BCUT2D eigenvalue weighted by atomic mass is 16.5. The second kappa shape index (κ2) is 6.74. The molecule has 2 aromatic carbocycles. The zero-order chi connectivity index (χ0) is 17.1. The van der Waals surface area contributed by atoms with Gasteiger partial charge in [0.05, 0.1) is 31.2 Å². The third-order valence-electron chi connectivity index (χ3n) is 4.17. The zero-order valence-corrected chi connectivity index (χ0v) is 14.2. The van der Waals surface area contributed by atoms with Gasteiger partial charge >= 0.3 is 0 Å². The van der Waals surface area contributed by atoms with Gasteiger partial charge in [-0.2, -0.15) is 0 Å². The predicted molar refractivity (Wildman–Crippen MR) is 94.0 cm³/mol. The normalized spacial score (nSPS) is 10.8. The van der Waals surface area contributed by atoms with Crippen LogP contribution in [0.3, 0.4) is 0 Å². The van der Waals surface area contributed by atoms with E-state index in [-0.39, 0.29) is 5.91 Å². The van der Waals surface area contributed by atoms with Crippen LogP contribution in [-0.4, -0.2) is 34.5 Å². The van der Waals surface area contributed by atoms with Crippen LogP contribution in [0.1, 0.15) is 18.3 Å². The molecular weight excluding hydrogens is 302 g/mol. The van der Waals surface area contributed by atoms with Crippen LogP contribution in [0.5, 0.6) is 5.75 Å². The first kappa shape index (κ1) is 16.1. The van der Waals surface area contributed by atoms with Crippen molar-refractivity contribution in [1.29, 1.82) is 0 Å². The van der Waals surface area contributed by atoms with Crippen LogP contribution in [-0.2, 0) is 17.9 Å². The fraction of sp³-hybridized carbons (Fsp3) is 0.263. The number of para-hydroxylation sites is 3. The molecule has 0 atom stereocenters. The first-order chi connectivity index (χ1) is 11.6. The van der Waals surface area contributed by atoms with Crippen molar-refractivity contribution in [3.63, 3.8) is 0 Å². The monoisotopic (exact) mass is 323 g/mol. The fourth-order valence-corrected chi connectivity index (χ4v) is 2.75. The summed E-state index contributed by atoms with van der Waals surface area (Å²) in [5.41, 5.74) is 3.06. The first-order valence-electron chi connectivity index (χ1n) is 7.88. The molecule has 1 heterocycles. The Kier molecular flexibility index (Phi) is 4.51. The van der Waals surface area contributed by atoms with Gasteiger partial charge in [-0.25, -0.2) is 4.98 Å². The lowest BCUT2D eigenvalue weighted by Gasteiger charge is -2.17. The number of imidazole rings is 1. The number of nitrogens with zero attached hydrogens (tertiary/aromatic N) is 3. The van der Waals surface area contributed by atoms with E-state index < -0.39 is 0 Å². The number of hydrogen-bond donors (Lipinski definition) is 0. The predicted octanol–water partition coefficient (Wildman–Crippen LogP) is 3.07. The molecule has 1 amide bonds. The van der Waals surface area contributed by atoms with Crippen LogP contribution >= 0.6 is 0 Å². The molecule has 0 aliphatic rings. The lowest BCUT2D eigenvalue weighted by atomic mass is 10.2. The van der Waals surface area contributed by atoms with Gasteiger partial charge in [0.1, 0.15) is 11.6 Å². The number of rotatable bonds is 5. The third kappa shape index (κ3) is 3.11. The van der Waals surface area contributed by atoms with E-state index in [4.69, 9.17) is 9.72 Å². The molecule has 1 aromatic heterocycles. The Bertz CT molecular complexity index is 870. The molecule has 5 heteroatoms. The summed E-state index contributed by atoms with van der Waals surface area (Å²) in [7, 11) is 3.46. The van der Waals surface area contributed by atoms with Gasteiger partial charge in [-0.3, -0.25) is 4.79 Å². The zero-order valence-electron chi connectivity index (χ0n) is 14.2. The van der Waals surface area contributed by atoms with Gasteiger partial charge in [0.15, 0.2) is 0 Å². The lowest BCUT2D eigenvalue weighted by molar-refractivity contribution is -0.128. The van der Waals surface area contributed by atoms with Crippen LogP contribution in [0.2, 0.25) is 0 Å². The van der Waals surface area contributed by atoms with Crippen molar-refractivity contribution in [1.82, 2.24) is 14.5 Å². The van der Waals surface area contributed by atoms with E-state index in [0.29, 0.717) is 13.1 Å². The number of aromatic nitrogens is 2. The molecule has 5 nitrogen and oxygen atoms in total. The maximum Gasteiger partial charge on any atom is 0.219 e. The molecule has 0 fully saturated rings. The molecule has 0 N–H and O–H groups in total. The van der Waals surface area contributed by atoms with Crippen LogP contribution in [0.4, 0.5) is 0 Å². The number of carbonyl (C=O) groups is 1. The van der Waals surface area contributed by atoms with E-state index in [1.54, 1.807) is 26.0 Å². The minimum Gasteiger partial charge on any atom is -0.496 e. The van der Waals surface area contributed by atoms with Crippen LogP contribution < -0.4 is 4.74 Å². The van der Waals surface area contributed by atoms with Crippen LogP contribution in [0.25, 0.3) is 11.0 Å². The Morgan fingerprint density at radius 2 is 1.88 bits per heavy atom. The topological polar surface area (TPSA) is 47.4 Å². The molecule has 124 valence electrons. The van der Waals surface area contributed by atoms with Gasteiger partial charge in [0.25, 0.3) is 0 Å². The van der Waals surface area contributed by atoms with Crippen molar-refractivity contribution in [2.24, 2.45) is 0 Å². The fourth-order valence-electron chi connectivity index (χ4n) is 2.75. The van der Waals surface area contributed by atoms with Crippen molar-refractivity contribution in [2.45, 2.75) is 20.0 Å². The Morgan fingerprint density at radius 3 is 2.62 bits per heavy atom. The molecule has 0 radical (unpaired) electrons. The van der Waals surface area contributed by atoms with Gasteiger partial charge in [-0.15, -0.1) is 0 Å². The van der Waals surface area contributed by atoms with Crippen molar-refractivity contribution in [3.05, 3.63) is 59.9 Å². The molecule has 0 aliphatic heterocycles. The van der Waals surface area contributed by atoms with Crippen LogP contribution in [0, 0.1) is 0 Å². The molecule has 0 unspecified atom stereocenters. The summed E-state index contributed by atoms with van der Waals surface area (Å²) >= 11 is 0. The Hall–Kier alpha value is -2.82. The summed E-state index contributed by atoms with van der Waals surface area (Å²) in [5.74, 6) is 1.73. The van der Waals surface area contributed by atoms with Crippen molar-refractivity contribution in [2.75, 3.05) is 14.2 Å². The molecule has 24 heavy (non-hydrogen) atoms. The standard InChI is InChI=1S/C19H21N3O2/c1-14(23)21(2)13-19-20-16-9-5-6-10-17(16)22(19)12-15-8-4-7-11-18(15)24-3/h4-11H,12-13H2,1-3H3. The molecule has 0 bridgehead atoms. The second-order valence-corrected chi connectivity index (χ2v) is 5.79. The van der Waals surface area contributed by atoms with Crippen LogP contribution in [0.15, 0.2) is 48.5 Å². The molecule has 3 aromatic rings. The summed E-state index contributed by atoms with van der Waals surface area (Å²) in [6.45, 7) is 2.68. The van der Waals surface area contributed by atoms with E-state index in [2.05, 4.69) is 10.6 Å². The van der Waals surface area contributed by atoms with E-state index in [1.165, 1.54) is 0 Å². The molecular formula is C19H21N3O2. The summed E-state index contributed by atoms with van der Waals surface area (Å²) in [4.78, 5) is 18.0. The molecule has 0 saturated carbocycles. The minimum absolute atomic E-state index is 0.0193. The maximum atomic E-state index is 11.6. The van der Waals surface area contributed by atoms with Crippen molar-refractivity contribution in [3.8, 4) is 5.75 Å². The number of fused-ring (bicyclic) bond motifs is 1. The number of carbonyl (C=O) groups excluding carboxylic acids is 1. The Morgan fingerprint density at radius 1 is 1.17 bits per heavy atom. The third-order valence-corrected chi connectivity index (χ3v) is 4.17. The second-order valence-electron chi connectivity index (χ2n) is 5.79. The van der Waals surface area contributed by atoms with Gasteiger partial charge in [-0.1, -0.05) is 30.3 Å². The summed E-state index contributed by atoms with van der Waals surface area (Å²) in [5, 5.41) is 0. The highest BCUT2D eigenvalue weighted by molar-refractivity contribution is 5.76. The SMILES string of the molecule is COc1ccccc1Cn1c(CN(C)C(C)=O)nc2ccccc21. The average Bonchev–Trinajstić information content (AvgIpc) is 2.93.